The zero-order valence-electron chi connectivity index (χ0n) is 12.4. The monoisotopic (exact) mass is 370 g/mol. The molecule has 0 aromatic carbocycles. The van der Waals surface area contributed by atoms with Crippen LogP contribution in [0.5, 0.6) is 0 Å². The second kappa shape index (κ2) is 7.85. The van der Waals surface area contributed by atoms with Gasteiger partial charge >= 0.3 is 24.1 Å². The molecule has 1 fully saturated rings. The molecule has 24 heavy (non-hydrogen) atoms. The fraction of sp³-hybridized carbons (Fsp3) is 0.923. The van der Waals surface area contributed by atoms with E-state index in [4.69, 9.17) is 5.11 Å². The first-order chi connectivity index (χ1) is 10.9. The molecule has 0 amide bonds. The highest BCUT2D eigenvalue weighted by atomic mass is 19.4. The van der Waals surface area contributed by atoms with Gasteiger partial charge in [0.1, 0.15) is 13.3 Å². The Morgan fingerprint density at radius 1 is 1.08 bits per heavy atom. The maximum Gasteiger partial charge on any atom is 0.477 e. The summed E-state index contributed by atoms with van der Waals surface area (Å²) in [7, 11) is 0. The van der Waals surface area contributed by atoms with Crippen molar-refractivity contribution in [3.63, 3.8) is 0 Å². The fourth-order valence-electron chi connectivity index (χ4n) is 2.17. The fourth-order valence-corrected chi connectivity index (χ4v) is 2.17. The van der Waals surface area contributed by atoms with Gasteiger partial charge in [0.05, 0.1) is 5.92 Å². The molecule has 11 heteroatoms. The predicted molar refractivity (Wildman–Crippen MR) is 65.4 cm³/mol. The van der Waals surface area contributed by atoms with Gasteiger partial charge in [0.2, 0.25) is 0 Å². The van der Waals surface area contributed by atoms with E-state index in [-0.39, 0.29) is 0 Å². The van der Waals surface area contributed by atoms with Gasteiger partial charge in [-0.15, -0.1) is 0 Å². The summed E-state index contributed by atoms with van der Waals surface area (Å²) in [5.41, 5.74) is 0. The number of carbonyl (C=O) groups is 1. The quantitative estimate of drug-likeness (QED) is 0.425. The number of hydrogen-bond acceptors (Lipinski definition) is 4. The van der Waals surface area contributed by atoms with Crippen LogP contribution in [0.25, 0.3) is 0 Å². The Kier molecular flexibility index (Phi) is 6.85. The molecule has 0 radical (unpaired) electrons. The molecule has 2 unspecified atom stereocenters. The highest BCUT2D eigenvalue weighted by molar-refractivity contribution is 5.72. The Labute approximate surface area is 132 Å². The van der Waals surface area contributed by atoms with Gasteiger partial charge in [0.25, 0.3) is 0 Å². The van der Waals surface area contributed by atoms with Gasteiger partial charge in [-0.25, -0.2) is 4.39 Å². The van der Waals surface area contributed by atoms with Gasteiger partial charge in [-0.05, 0) is 12.8 Å². The third-order valence-corrected chi connectivity index (χ3v) is 3.61. The van der Waals surface area contributed by atoms with E-state index >= 15 is 0 Å². The lowest BCUT2D eigenvalue weighted by Gasteiger charge is -2.29. The van der Waals surface area contributed by atoms with E-state index in [1.807, 2.05) is 0 Å². The van der Waals surface area contributed by atoms with Crippen LogP contribution in [-0.4, -0.2) is 48.6 Å². The molecule has 1 aliphatic carbocycles. The average Bonchev–Trinajstić information content (AvgIpc) is 2.50. The average molecular weight is 370 g/mol. The summed E-state index contributed by atoms with van der Waals surface area (Å²) in [4.78, 5) is 11.7. The first-order valence-corrected chi connectivity index (χ1v) is 7.17. The molecule has 0 saturated heterocycles. The van der Waals surface area contributed by atoms with Crippen LogP contribution in [0.4, 0.5) is 30.7 Å². The number of halogens is 7. The summed E-state index contributed by atoms with van der Waals surface area (Å²) in [6, 6.07) is -5.33. The number of aliphatic hydroxyl groups is 1. The number of alkyl halides is 7. The van der Waals surface area contributed by atoms with Crippen LogP contribution in [0.3, 0.4) is 0 Å². The van der Waals surface area contributed by atoms with Gasteiger partial charge in [-0.2, -0.15) is 26.3 Å². The molecule has 1 aliphatic rings. The third-order valence-electron chi connectivity index (χ3n) is 3.61. The number of hydrogen-bond donors (Lipinski definition) is 1. The lowest BCUT2D eigenvalue weighted by atomic mass is 9.89. The topological polar surface area (TPSA) is 55.8 Å². The molecule has 0 spiro atoms. The predicted octanol–water partition coefficient (Wildman–Crippen LogP) is 3.28. The second-order valence-corrected chi connectivity index (χ2v) is 5.52. The first-order valence-electron chi connectivity index (χ1n) is 7.17. The van der Waals surface area contributed by atoms with Gasteiger partial charge in [0.15, 0.2) is 6.10 Å². The Morgan fingerprint density at radius 3 is 2.08 bits per heavy atom. The van der Waals surface area contributed by atoms with Gasteiger partial charge in [-0.1, -0.05) is 19.3 Å². The van der Waals surface area contributed by atoms with Crippen molar-refractivity contribution in [2.45, 2.75) is 56.3 Å². The maximum atomic E-state index is 13.6. The van der Waals surface area contributed by atoms with Crippen LogP contribution in [0.15, 0.2) is 0 Å². The molecule has 0 aromatic rings. The number of rotatable bonds is 7. The number of ether oxygens (including phenoxy) is 2. The molecule has 0 bridgehead atoms. The van der Waals surface area contributed by atoms with E-state index in [9.17, 15) is 35.5 Å². The van der Waals surface area contributed by atoms with E-state index in [2.05, 4.69) is 9.47 Å². The smallest absolute Gasteiger partial charge is 0.453 e. The van der Waals surface area contributed by atoms with Crippen LogP contribution in [-0.2, 0) is 14.3 Å². The summed E-state index contributed by atoms with van der Waals surface area (Å²) < 4.78 is 96.2. The summed E-state index contributed by atoms with van der Waals surface area (Å²) in [6.07, 6.45) is -5.79. The van der Waals surface area contributed by atoms with Crippen molar-refractivity contribution in [3.8, 4) is 0 Å². The molecule has 1 rings (SSSR count). The Morgan fingerprint density at radius 2 is 1.62 bits per heavy atom. The third kappa shape index (κ3) is 5.47. The van der Waals surface area contributed by atoms with Crippen molar-refractivity contribution < 1.29 is 50.1 Å². The lowest BCUT2D eigenvalue weighted by Crippen LogP contribution is -2.50. The Hall–Kier alpha value is -1.10. The largest absolute Gasteiger partial charge is 0.477 e. The van der Waals surface area contributed by atoms with Crippen molar-refractivity contribution in [1.29, 1.82) is 0 Å². The minimum Gasteiger partial charge on any atom is -0.453 e. The second-order valence-electron chi connectivity index (χ2n) is 5.52. The van der Waals surface area contributed by atoms with Crippen molar-refractivity contribution in [2.75, 3.05) is 13.3 Å². The zero-order valence-corrected chi connectivity index (χ0v) is 12.4. The normalized spacial score (nSPS) is 21.2. The van der Waals surface area contributed by atoms with Crippen LogP contribution < -0.4 is 0 Å². The molecule has 0 heterocycles. The Balaban J connectivity index is 2.65. The molecule has 1 N–H and O–H groups in total. The highest BCUT2D eigenvalue weighted by Gasteiger charge is 2.59. The van der Waals surface area contributed by atoms with Crippen LogP contribution >= 0.6 is 0 Å². The van der Waals surface area contributed by atoms with Gasteiger partial charge in [-0.3, -0.25) is 4.79 Å². The molecule has 4 nitrogen and oxygen atoms in total. The molecule has 0 aromatic heterocycles. The van der Waals surface area contributed by atoms with E-state index in [0.717, 1.165) is 6.42 Å². The van der Waals surface area contributed by atoms with E-state index in [1.54, 1.807) is 0 Å². The van der Waals surface area contributed by atoms with E-state index in [0.29, 0.717) is 25.7 Å². The molecular formula is C13H17F7O4. The summed E-state index contributed by atoms with van der Waals surface area (Å²) in [5.74, 6) is -6.26. The lowest BCUT2D eigenvalue weighted by molar-refractivity contribution is -0.433. The molecular weight excluding hydrogens is 353 g/mol. The van der Waals surface area contributed by atoms with E-state index in [1.165, 1.54) is 0 Å². The maximum absolute atomic E-state index is 13.6. The van der Waals surface area contributed by atoms with Crippen molar-refractivity contribution in [2.24, 2.45) is 5.92 Å². The molecule has 1 saturated carbocycles. The Bertz CT molecular complexity index is 419. The highest BCUT2D eigenvalue weighted by Crippen LogP contribution is 2.35. The number of carbonyl (C=O) groups excluding carboxylic acids is 1. The van der Waals surface area contributed by atoms with Crippen LogP contribution in [0, 0.1) is 5.92 Å². The van der Waals surface area contributed by atoms with Crippen LogP contribution in [0.1, 0.15) is 32.1 Å². The standard InChI is InChI=1S/C13H17F7O4/c14-6-9(24-10(21)8-4-2-1-3-5-8)11(15,16)7-23-13(20,22)12(17,18)19/h8-9,22H,1-7H2. The van der Waals surface area contributed by atoms with Crippen molar-refractivity contribution >= 4 is 5.97 Å². The summed E-state index contributed by atoms with van der Waals surface area (Å²) >= 11 is 0. The van der Waals surface area contributed by atoms with Crippen molar-refractivity contribution in [3.05, 3.63) is 0 Å². The first kappa shape index (κ1) is 20.9. The molecule has 0 aliphatic heterocycles. The minimum absolute atomic E-state index is 0.373. The zero-order chi connectivity index (χ0) is 18.6. The SMILES string of the molecule is O=C(OC(CF)C(F)(F)COC(O)(F)C(F)(F)F)C1CCCCC1. The van der Waals surface area contributed by atoms with E-state index < -0.39 is 49.4 Å². The van der Waals surface area contributed by atoms with Crippen LogP contribution in [0.2, 0.25) is 0 Å². The van der Waals surface area contributed by atoms with Crippen molar-refractivity contribution in [1.82, 2.24) is 0 Å². The minimum atomic E-state index is -5.98. The molecule has 2 atom stereocenters. The summed E-state index contributed by atoms with van der Waals surface area (Å²) in [6.45, 7) is -4.24. The summed E-state index contributed by atoms with van der Waals surface area (Å²) in [5, 5.41) is 8.31. The number of esters is 1. The van der Waals surface area contributed by atoms with Gasteiger partial charge < -0.3 is 14.6 Å². The molecule has 142 valence electrons. The van der Waals surface area contributed by atoms with Gasteiger partial charge in [0, 0.05) is 0 Å².